The van der Waals surface area contributed by atoms with Crippen molar-refractivity contribution >= 4 is 29.1 Å². The molecule has 3 heterocycles. The van der Waals surface area contributed by atoms with Crippen LogP contribution in [0.5, 0.6) is 0 Å². The Kier molecular flexibility index (Phi) is 4.79. The van der Waals surface area contributed by atoms with Gasteiger partial charge >= 0.3 is 6.03 Å². The number of rotatable bonds is 4. The summed E-state index contributed by atoms with van der Waals surface area (Å²) >= 11 is 1.50. The van der Waals surface area contributed by atoms with Gasteiger partial charge in [-0.15, -0.1) is 11.3 Å². The molecular formula is C15H20N6O2S. The van der Waals surface area contributed by atoms with Crippen molar-refractivity contribution < 1.29 is 9.59 Å². The molecule has 3 rings (SSSR count). The van der Waals surface area contributed by atoms with E-state index in [1.165, 1.54) is 16.2 Å². The Hall–Kier alpha value is -2.42. The van der Waals surface area contributed by atoms with Crippen molar-refractivity contribution in [3.8, 4) is 0 Å². The van der Waals surface area contributed by atoms with Crippen LogP contribution in [0.4, 0.5) is 10.6 Å². The minimum absolute atomic E-state index is 0.115. The van der Waals surface area contributed by atoms with Crippen molar-refractivity contribution in [2.24, 2.45) is 7.05 Å². The highest BCUT2D eigenvalue weighted by Crippen LogP contribution is 2.19. The summed E-state index contributed by atoms with van der Waals surface area (Å²) in [4.78, 5) is 32.3. The highest BCUT2D eigenvalue weighted by atomic mass is 32.1. The maximum absolute atomic E-state index is 12.6. The molecule has 0 spiro atoms. The fourth-order valence-electron chi connectivity index (χ4n) is 2.65. The van der Waals surface area contributed by atoms with Crippen molar-refractivity contribution in [2.45, 2.75) is 25.4 Å². The van der Waals surface area contributed by atoms with Crippen LogP contribution in [-0.2, 0) is 18.4 Å². The minimum atomic E-state index is -0.521. The normalized spacial score (nSPS) is 17.8. The Labute approximate surface area is 144 Å². The molecule has 2 aromatic rings. The standard InChI is InChI=1S/C15H20N6O2S/c1-19(10-13-16-6-9-24-13)15(23)17-11-4-3-7-21(14(11)22)12-5-8-20(2)18-12/h5-6,8-9,11H,3-4,7,10H2,1-2H3,(H,17,23)/t11-/m1/s1. The number of amides is 3. The number of carbonyl (C=O) groups is 2. The quantitative estimate of drug-likeness (QED) is 0.900. The van der Waals surface area contributed by atoms with Crippen molar-refractivity contribution in [1.82, 2.24) is 25.0 Å². The third-order valence-electron chi connectivity index (χ3n) is 3.92. The molecule has 0 unspecified atom stereocenters. The largest absolute Gasteiger partial charge is 0.326 e. The molecule has 2 aromatic heterocycles. The van der Waals surface area contributed by atoms with E-state index in [-0.39, 0.29) is 11.9 Å². The predicted molar refractivity (Wildman–Crippen MR) is 90.7 cm³/mol. The van der Waals surface area contributed by atoms with Gasteiger partial charge in [0.1, 0.15) is 11.0 Å². The Morgan fingerprint density at radius 2 is 2.38 bits per heavy atom. The lowest BCUT2D eigenvalue weighted by Crippen LogP contribution is -2.54. The molecular weight excluding hydrogens is 328 g/mol. The van der Waals surface area contributed by atoms with E-state index in [0.717, 1.165) is 11.4 Å². The first-order valence-corrected chi connectivity index (χ1v) is 8.63. The molecule has 0 aromatic carbocycles. The Morgan fingerprint density at radius 3 is 3.04 bits per heavy atom. The summed E-state index contributed by atoms with van der Waals surface area (Å²) in [5.41, 5.74) is 0. The van der Waals surface area contributed by atoms with Crippen molar-refractivity contribution in [3.05, 3.63) is 28.8 Å². The predicted octanol–water partition coefficient (Wildman–Crippen LogP) is 1.21. The maximum Gasteiger partial charge on any atom is 0.318 e. The van der Waals surface area contributed by atoms with Crippen molar-refractivity contribution in [1.29, 1.82) is 0 Å². The second-order valence-corrected chi connectivity index (χ2v) is 6.74. The van der Waals surface area contributed by atoms with Gasteiger partial charge in [-0.1, -0.05) is 0 Å². The molecule has 1 aliphatic heterocycles. The Bertz CT molecular complexity index is 713. The van der Waals surface area contributed by atoms with Gasteiger partial charge in [0.05, 0.1) is 6.54 Å². The number of anilines is 1. The van der Waals surface area contributed by atoms with Crippen molar-refractivity contribution in [3.63, 3.8) is 0 Å². The molecule has 0 aliphatic carbocycles. The van der Waals surface area contributed by atoms with E-state index in [4.69, 9.17) is 0 Å². The highest BCUT2D eigenvalue weighted by Gasteiger charge is 2.32. The van der Waals surface area contributed by atoms with Gasteiger partial charge in [0.2, 0.25) is 0 Å². The average molecular weight is 348 g/mol. The van der Waals surface area contributed by atoms with Gasteiger partial charge in [-0.2, -0.15) is 5.10 Å². The third kappa shape index (κ3) is 3.56. The van der Waals surface area contributed by atoms with Crippen LogP contribution >= 0.6 is 11.3 Å². The van der Waals surface area contributed by atoms with Gasteiger partial charge in [-0.3, -0.25) is 14.4 Å². The molecule has 128 valence electrons. The zero-order valence-corrected chi connectivity index (χ0v) is 14.5. The van der Waals surface area contributed by atoms with Gasteiger partial charge in [-0.25, -0.2) is 9.78 Å². The number of nitrogens with zero attached hydrogens (tertiary/aromatic N) is 5. The van der Waals surface area contributed by atoms with Gasteiger partial charge in [-0.05, 0) is 12.8 Å². The molecule has 9 heteroatoms. The Balaban J connectivity index is 1.61. The number of thiazole rings is 1. The van der Waals surface area contributed by atoms with E-state index < -0.39 is 6.04 Å². The minimum Gasteiger partial charge on any atom is -0.326 e. The van der Waals surface area contributed by atoms with Gasteiger partial charge in [0, 0.05) is 44.5 Å². The van der Waals surface area contributed by atoms with Gasteiger partial charge in [0.15, 0.2) is 5.82 Å². The number of aromatic nitrogens is 3. The topological polar surface area (TPSA) is 83.4 Å². The molecule has 1 saturated heterocycles. The molecule has 0 radical (unpaired) electrons. The summed E-state index contributed by atoms with van der Waals surface area (Å²) < 4.78 is 1.66. The third-order valence-corrected chi connectivity index (χ3v) is 4.68. The number of nitrogens with one attached hydrogen (secondary N) is 1. The van der Waals surface area contributed by atoms with E-state index in [2.05, 4.69) is 15.4 Å². The number of piperidine rings is 1. The molecule has 1 aliphatic rings. The average Bonchev–Trinajstić information content (AvgIpc) is 3.21. The van der Waals surface area contributed by atoms with Crippen LogP contribution in [-0.4, -0.2) is 51.2 Å². The van der Waals surface area contributed by atoms with Gasteiger partial charge < -0.3 is 10.2 Å². The van der Waals surface area contributed by atoms with Crippen LogP contribution in [0, 0.1) is 0 Å². The van der Waals surface area contributed by atoms with E-state index in [9.17, 15) is 9.59 Å². The summed E-state index contributed by atoms with van der Waals surface area (Å²) in [6.07, 6.45) is 4.97. The Morgan fingerprint density at radius 1 is 1.54 bits per heavy atom. The smallest absolute Gasteiger partial charge is 0.318 e. The second kappa shape index (κ2) is 7.00. The number of aryl methyl sites for hydroxylation is 1. The zero-order valence-electron chi connectivity index (χ0n) is 13.7. The summed E-state index contributed by atoms with van der Waals surface area (Å²) in [6, 6.07) is 1.01. The summed E-state index contributed by atoms with van der Waals surface area (Å²) in [5.74, 6) is 0.508. The number of urea groups is 1. The van der Waals surface area contributed by atoms with E-state index in [1.54, 1.807) is 35.1 Å². The summed E-state index contributed by atoms with van der Waals surface area (Å²) in [6.45, 7) is 1.05. The number of hydrogen-bond donors (Lipinski definition) is 1. The molecule has 8 nitrogen and oxygen atoms in total. The molecule has 1 atom stereocenters. The maximum atomic E-state index is 12.6. The lowest BCUT2D eigenvalue weighted by Gasteiger charge is -2.32. The number of hydrogen-bond acceptors (Lipinski definition) is 5. The van der Waals surface area contributed by atoms with Crippen LogP contribution in [0.3, 0.4) is 0 Å². The zero-order chi connectivity index (χ0) is 17.1. The molecule has 1 N–H and O–H groups in total. The highest BCUT2D eigenvalue weighted by molar-refractivity contribution is 7.09. The first-order valence-electron chi connectivity index (χ1n) is 7.75. The first kappa shape index (κ1) is 16.4. The fourth-order valence-corrected chi connectivity index (χ4v) is 3.32. The van der Waals surface area contributed by atoms with E-state index in [1.807, 2.05) is 12.4 Å². The van der Waals surface area contributed by atoms with Crippen LogP contribution in [0.2, 0.25) is 0 Å². The monoisotopic (exact) mass is 348 g/mol. The summed E-state index contributed by atoms with van der Waals surface area (Å²) in [5, 5.41) is 9.83. The van der Waals surface area contributed by atoms with Crippen LogP contribution < -0.4 is 10.2 Å². The van der Waals surface area contributed by atoms with Crippen LogP contribution in [0.1, 0.15) is 17.8 Å². The number of carbonyl (C=O) groups excluding carboxylic acids is 2. The van der Waals surface area contributed by atoms with E-state index in [0.29, 0.717) is 25.3 Å². The van der Waals surface area contributed by atoms with Crippen LogP contribution in [0.25, 0.3) is 0 Å². The second-order valence-electron chi connectivity index (χ2n) is 5.76. The molecule has 1 fully saturated rings. The fraction of sp³-hybridized carbons (Fsp3) is 0.467. The SMILES string of the molecule is CN(Cc1nccs1)C(=O)N[C@@H]1CCCN(c2ccn(C)n2)C1=O. The molecule has 0 saturated carbocycles. The lowest BCUT2D eigenvalue weighted by molar-refractivity contribution is -0.121. The summed E-state index contributed by atoms with van der Waals surface area (Å²) in [7, 11) is 3.51. The lowest BCUT2D eigenvalue weighted by atomic mass is 10.1. The molecule has 24 heavy (non-hydrogen) atoms. The van der Waals surface area contributed by atoms with Crippen molar-refractivity contribution in [2.75, 3.05) is 18.5 Å². The van der Waals surface area contributed by atoms with E-state index >= 15 is 0 Å². The van der Waals surface area contributed by atoms with Crippen LogP contribution in [0.15, 0.2) is 23.8 Å². The first-order chi connectivity index (χ1) is 11.5. The van der Waals surface area contributed by atoms with Gasteiger partial charge in [0.25, 0.3) is 5.91 Å². The molecule has 0 bridgehead atoms. The molecule has 3 amide bonds.